The largest absolute Gasteiger partial charge is 0.330 e. The summed E-state index contributed by atoms with van der Waals surface area (Å²) < 4.78 is 0. The molecule has 0 fully saturated rings. The second-order valence-corrected chi connectivity index (χ2v) is 6.92. The van der Waals surface area contributed by atoms with E-state index in [9.17, 15) is 0 Å². The van der Waals surface area contributed by atoms with Crippen LogP contribution in [0.15, 0.2) is 36.4 Å². The molecule has 3 heterocycles. The lowest BCUT2D eigenvalue weighted by atomic mass is 10.2. The molecule has 0 saturated carbocycles. The van der Waals surface area contributed by atoms with Crippen molar-refractivity contribution in [1.29, 1.82) is 0 Å². The molecular formula is C18H18N6S. The number of hydrogen-bond acceptors (Lipinski definition) is 6. The molecule has 0 unspecified atom stereocenters. The number of pyridine rings is 1. The Kier molecular flexibility index (Phi) is 4.25. The number of H-pyrrole nitrogens is 1. The first-order chi connectivity index (χ1) is 12.2. The van der Waals surface area contributed by atoms with Gasteiger partial charge in [-0.3, -0.25) is 10.1 Å². The van der Waals surface area contributed by atoms with Gasteiger partial charge in [-0.1, -0.05) is 24.3 Å². The monoisotopic (exact) mass is 350 g/mol. The fourth-order valence-corrected chi connectivity index (χ4v) is 3.76. The van der Waals surface area contributed by atoms with Gasteiger partial charge in [0.15, 0.2) is 5.82 Å². The highest BCUT2D eigenvalue weighted by Crippen LogP contribution is 2.27. The molecule has 0 radical (unpaired) electrons. The molecule has 0 bridgehead atoms. The number of hydrogen-bond donors (Lipinski definition) is 2. The van der Waals surface area contributed by atoms with Crippen LogP contribution in [-0.2, 0) is 12.8 Å². The van der Waals surface area contributed by atoms with Crippen LogP contribution in [0.4, 0.5) is 0 Å². The summed E-state index contributed by atoms with van der Waals surface area (Å²) in [5, 5.41) is 9.54. The van der Waals surface area contributed by atoms with Crippen LogP contribution in [0.25, 0.3) is 21.6 Å². The van der Waals surface area contributed by atoms with E-state index in [0.717, 1.165) is 44.4 Å². The third-order valence-corrected chi connectivity index (χ3v) is 5.15. The van der Waals surface area contributed by atoms with Crippen molar-refractivity contribution in [2.24, 2.45) is 5.73 Å². The lowest BCUT2D eigenvalue weighted by Crippen LogP contribution is -2.01. The second kappa shape index (κ2) is 6.70. The molecule has 0 aliphatic carbocycles. The molecule has 0 atom stereocenters. The Hall–Kier alpha value is -2.64. The Balaban J connectivity index is 1.58. The Labute approximate surface area is 149 Å². The van der Waals surface area contributed by atoms with Gasteiger partial charge in [-0.15, -0.1) is 11.3 Å². The van der Waals surface area contributed by atoms with E-state index in [1.807, 2.05) is 31.2 Å². The average Bonchev–Trinajstić information content (AvgIpc) is 3.21. The quantitative estimate of drug-likeness (QED) is 0.577. The zero-order valence-corrected chi connectivity index (χ0v) is 14.7. The molecule has 0 aliphatic rings. The topological polar surface area (TPSA) is 93.4 Å². The van der Waals surface area contributed by atoms with Gasteiger partial charge in [0, 0.05) is 23.9 Å². The Morgan fingerprint density at radius 1 is 1.08 bits per heavy atom. The fraction of sp³-hybridized carbons (Fsp3) is 0.222. The summed E-state index contributed by atoms with van der Waals surface area (Å²) in [5.41, 5.74) is 8.51. The molecule has 126 valence electrons. The van der Waals surface area contributed by atoms with Crippen LogP contribution in [0.2, 0.25) is 0 Å². The summed E-state index contributed by atoms with van der Waals surface area (Å²) in [6, 6.07) is 12.2. The molecule has 0 spiro atoms. The van der Waals surface area contributed by atoms with E-state index in [1.165, 1.54) is 0 Å². The van der Waals surface area contributed by atoms with E-state index in [0.29, 0.717) is 18.8 Å². The van der Waals surface area contributed by atoms with Crippen LogP contribution in [0.1, 0.15) is 22.2 Å². The number of rotatable bonds is 5. The summed E-state index contributed by atoms with van der Waals surface area (Å²) in [4.78, 5) is 14.8. The molecule has 4 aromatic rings. The number of fused-ring (bicyclic) bond motifs is 1. The fourth-order valence-electron chi connectivity index (χ4n) is 2.74. The van der Waals surface area contributed by atoms with Gasteiger partial charge in [0.2, 0.25) is 0 Å². The van der Waals surface area contributed by atoms with E-state index < -0.39 is 0 Å². The summed E-state index contributed by atoms with van der Waals surface area (Å²) >= 11 is 1.61. The van der Waals surface area contributed by atoms with Crippen molar-refractivity contribution >= 4 is 22.2 Å². The van der Waals surface area contributed by atoms with Crippen molar-refractivity contribution in [2.75, 3.05) is 6.54 Å². The Bertz CT molecular complexity index is 1020. The summed E-state index contributed by atoms with van der Waals surface area (Å²) in [6.07, 6.45) is 1.40. The van der Waals surface area contributed by atoms with Crippen molar-refractivity contribution < 1.29 is 0 Å². The molecule has 3 aromatic heterocycles. The van der Waals surface area contributed by atoms with Gasteiger partial charge >= 0.3 is 0 Å². The van der Waals surface area contributed by atoms with Gasteiger partial charge in [-0.05, 0) is 25.6 Å². The lowest BCUT2D eigenvalue weighted by molar-refractivity contribution is 0.945. The lowest BCUT2D eigenvalue weighted by Gasteiger charge is -2.00. The van der Waals surface area contributed by atoms with Crippen molar-refractivity contribution in [2.45, 2.75) is 19.8 Å². The molecule has 0 saturated heterocycles. The maximum absolute atomic E-state index is 5.61. The van der Waals surface area contributed by atoms with E-state index in [1.54, 1.807) is 11.3 Å². The minimum Gasteiger partial charge on any atom is -0.330 e. The van der Waals surface area contributed by atoms with E-state index in [4.69, 9.17) is 5.73 Å². The highest BCUT2D eigenvalue weighted by atomic mass is 32.1. The average molecular weight is 350 g/mol. The SMILES string of the molecule is Cc1nc(CCN)sc1-c1n[nH]c(Cc2ccc3ccccc3n2)n1. The molecule has 1 aromatic carbocycles. The van der Waals surface area contributed by atoms with Crippen LogP contribution in [0, 0.1) is 6.92 Å². The number of nitrogens with two attached hydrogens (primary N) is 1. The minimum atomic E-state index is 0.596. The molecular weight excluding hydrogens is 332 g/mol. The van der Waals surface area contributed by atoms with E-state index >= 15 is 0 Å². The molecule has 4 rings (SSSR count). The minimum absolute atomic E-state index is 0.596. The van der Waals surface area contributed by atoms with Crippen molar-refractivity contribution in [1.82, 2.24) is 25.1 Å². The maximum atomic E-state index is 5.61. The van der Waals surface area contributed by atoms with Gasteiger partial charge in [-0.2, -0.15) is 5.10 Å². The second-order valence-electron chi connectivity index (χ2n) is 5.84. The zero-order chi connectivity index (χ0) is 17.2. The van der Waals surface area contributed by atoms with E-state index in [-0.39, 0.29) is 0 Å². The number of aryl methyl sites for hydroxylation is 1. The number of thiazole rings is 1. The highest BCUT2D eigenvalue weighted by molar-refractivity contribution is 7.15. The first-order valence-corrected chi connectivity index (χ1v) is 8.97. The van der Waals surface area contributed by atoms with Gasteiger partial charge in [0.05, 0.1) is 21.1 Å². The first-order valence-electron chi connectivity index (χ1n) is 8.15. The predicted octanol–water partition coefficient (Wildman–Crippen LogP) is 2.88. The van der Waals surface area contributed by atoms with Crippen molar-refractivity contribution in [3.8, 4) is 10.7 Å². The van der Waals surface area contributed by atoms with Crippen LogP contribution >= 0.6 is 11.3 Å². The summed E-state index contributed by atoms with van der Waals surface area (Å²) in [7, 11) is 0. The van der Waals surface area contributed by atoms with Crippen LogP contribution in [0.5, 0.6) is 0 Å². The molecule has 7 heteroatoms. The molecule has 25 heavy (non-hydrogen) atoms. The van der Waals surface area contributed by atoms with Crippen LogP contribution in [-0.4, -0.2) is 31.7 Å². The third kappa shape index (κ3) is 3.29. The molecule has 0 amide bonds. The maximum Gasteiger partial charge on any atom is 0.193 e. The van der Waals surface area contributed by atoms with Gasteiger partial charge in [0.25, 0.3) is 0 Å². The Morgan fingerprint density at radius 2 is 1.96 bits per heavy atom. The number of aromatic amines is 1. The normalized spacial score (nSPS) is 11.3. The number of aromatic nitrogens is 5. The van der Waals surface area contributed by atoms with Crippen molar-refractivity contribution in [3.63, 3.8) is 0 Å². The molecule has 6 nitrogen and oxygen atoms in total. The third-order valence-electron chi connectivity index (χ3n) is 3.94. The zero-order valence-electron chi connectivity index (χ0n) is 13.9. The Morgan fingerprint density at radius 3 is 2.84 bits per heavy atom. The number of para-hydroxylation sites is 1. The first kappa shape index (κ1) is 15.9. The number of nitrogens with one attached hydrogen (secondary N) is 1. The van der Waals surface area contributed by atoms with Gasteiger partial charge < -0.3 is 5.73 Å². The highest BCUT2D eigenvalue weighted by Gasteiger charge is 2.14. The predicted molar refractivity (Wildman–Crippen MR) is 99.5 cm³/mol. The van der Waals surface area contributed by atoms with Crippen molar-refractivity contribution in [3.05, 3.63) is 58.6 Å². The van der Waals surface area contributed by atoms with Crippen LogP contribution in [0.3, 0.4) is 0 Å². The summed E-state index contributed by atoms with van der Waals surface area (Å²) in [5.74, 6) is 1.49. The standard InChI is InChI=1S/C18H18N6S/c1-11-17(25-16(20-11)8-9-19)18-22-15(23-24-18)10-13-7-6-12-4-2-3-5-14(12)21-13/h2-7H,8-10,19H2,1H3,(H,22,23,24). The number of nitrogens with zero attached hydrogens (tertiary/aromatic N) is 4. The van der Waals surface area contributed by atoms with Gasteiger partial charge in [0.1, 0.15) is 5.82 Å². The van der Waals surface area contributed by atoms with E-state index in [2.05, 4.69) is 37.3 Å². The molecule has 0 aliphatic heterocycles. The van der Waals surface area contributed by atoms with Crippen LogP contribution < -0.4 is 5.73 Å². The smallest absolute Gasteiger partial charge is 0.193 e. The summed E-state index contributed by atoms with van der Waals surface area (Å²) in [6.45, 7) is 2.58. The number of benzene rings is 1. The molecule has 3 N–H and O–H groups in total. The van der Waals surface area contributed by atoms with Gasteiger partial charge in [-0.25, -0.2) is 9.97 Å².